The second kappa shape index (κ2) is 7.30. The van der Waals surface area contributed by atoms with Crippen LogP contribution in [0.1, 0.15) is 36.8 Å². The van der Waals surface area contributed by atoms with Gasteiger partial charge in [0.15, 0.2) is 17.6 Å². The summed E-state index contributed by atoms with van der Waals surface area (Å²) in [6.45, 7) is 1.31. The molecule has 2 bridgehead atoms. The van der Waals surface area contributed by atoms with Crippen LogP contribution in [0.2, 0.25) is 0 Å². The van der Waals surface area contributed by atoms with Gasteiger partial charge in [-0.15, -0.1) is 12.4 Å². The molecule has 2 aliphatic heterocycles. The van der Waals surface area contributed by atoms with Crippen LogP contribution in [0, 0.1) is 5.92 Å². The van der Waals surface area contributed by atoms with Crippen molar-refractivity contribution in [3.63, 3.8) is 0 Å². The molecule has 1 saturated carbocycles. The van der Waals surface area contributed by atoms with Gasteiger partial charge in [0.25, 0.3) is 5.91 Å². The third kappa shape index (κ3) is 2.78. The highest BCUT2D eigenvalue weighted by atomic mass is 35.5. The van der Waals surface area contributed by atoms with Gasteiger partial charge in [-0.3, -0.25) is 4.79 Å². The van der Waals surface area contributed by atoms with Crippen molar-refractivity contribution >= 4 is 18.3 Å². The van der Waals surface area contributed by atoms with Gasteiger partial charge in [-0.2, -0.15) is 0 Å². The van der Waals surface area contributed by atoms with Crippen molar-refractivity contribution in [1.82, 2.24) is 4.90 Å². The largest absolute Gasteiger partial charge is 0.483 e. The van der Waals surface area contributed by atoms with E-state index in [9.17, 15) is 9.90 Å². The van der Waals surface area contributed by atoms with Crippen molar-refractivity contribution < 1.29 is 19.4 Å². The molecule has 2 fully saturated rings. The fourth-order valence-corrected chi connectivity index (χ4v) is 6.36. The summed E-state index contributed by atoms with van der Waals surface area (Å²) in [5, 5.41) is 10.8. The van der Waals surface area contributed by atoms with Crippen LogP contribution in [-0.2, 0) is 16.6 Å². The van der Waals surface area contributed by atoms with Crippen molar-refractivity contribution in [3.05, 3.63) is 23.3 Å². The molecule has 5 rings (SSSR count). The van der Waals surface area contributed by atoms with Crippen LogP contribution in [0.15, 0.2) is 12.1 Å². The number of hydrogen-bond donors (Lipinski definition) is 3. The first kappa shape index (κ1) is 20.7. The van der Waals surface area contributed by atoms with Crippen molar-refractivity contribution in [3.8, 4) is 11.5 Å². The van der Waals surface area contributed by atoms with E-state index in [1.54, 1.807) is 0 Å². The lowest BCUT2D eigenvalue weighted by Gasteiger charge is -2.58. The highest BCUT2D eigenvalue weighted by molar-refractivity contribution is 5.85. The SMILES string of the molecule is CN1CC[C@]23c4c5ccc(OC(CCN)C(N)=O)c4O[C@H]2[C@@H](O)CC[C@H]3[C@H]1C5.Cl. The van der Waals surface area contributed by atoms with Gasteiger partial charge in [0.05, 0.1) is 6.10 Å². The molecular formula is C21H30ClN3O4. The maximum absolute atomic E-state index is 11.8. The summed E-state index contributed by atoms with van der Waals surface area (Å²) < 4.78 is 12.4. The number of likely N-dealkylation sites (tertiary alicyclic amines) is 1. The van der Waals surface area contributed by atoms with E-state index in [4.69, 9.17) is 20.9 Å². The van der Waals surface area contributed by atoms with E-state index in [1.807, 2.05) is 6.07 Å². The van der Waals surface area contributed by atoms with Crippen molar-refractivity contribution in [2.75, 3.05) is 20.1 Å². The van der Waals surface area contributed by atoms with Gasteiger partial charge in [0.1, 0.15) is 6.10 Å². The van der Waals surface area contributed by atoms with E-state index in [-0.39, 0.29) is 23.9 Å². The molecule has 4 aliphatic rings. The van der Waals surface area contributed by atoms with Gasteiger partial charge < -0.3 is 30.9 Å². The van der Waals surface area contributed by atoms with Crippen LogP contribution in [0.3, 0.4) is 0 Å². The number of likely N-dealkylation sites (N-methyl/N-ethyl adjacent to an activating group) is 1. The molecule has 29 heavy (non-hydrogen) atoms. The summed E-state index contributed by atoms with van der Waals surface area (Å²) in [4.78, 5) is 14.3. The predicted octanol–water partition coefficient (Wildman–Crippen LogP) is 0.720. The number of carbonyl (C=O) groups excluding carboxylic acids is 1. The lowest BCUT2D eigenvalue weighted by Crippen LogP contribution is -2.66. The molecule has 1 unspecified atom stereocenters. The van der Waals surface area contributed by atoms with Gasteiger partial charge >= 0.3 is 0 Å². The normalized spacial score (nSPS) is 35.1. The number of benzene rings is 1. The first-order valence-electron chi connectivity index (χ1n) is 10.3. The first-order valence-corrected chi connectivity index (χ1v) is 10.3. The smallest absolute Gasteiger partial charge is 0.258 e. The summed E-state index contributed by atoms with van der Waals surface area (Å²) in [5.41, 5.74) is 13.5. The lowest BCUT2D eigenvalue weighted by atomic mass is 9.51. The Hall–Kier alpha value is -1.54. The van der Waals surface area contributed by atoms with Gasteiger partial charge in [-0.05, 0) is 63.4 Å². The predicted molar refractivity (Wildman–Crippen MR) is 111 cm³/mol. The minimum absolute atomic E-state index is 0. The number of rotatable bonds is 5. The topological polar surface area (TPSA) is 111 Å². The van der Waals surface area contributed by atoms with Crippen LogP contribution in [0.4, 0.5) is 0 Å². The van der Waals surface area contributed by atoms with E-state index >= 15 is 0 Å². The third-order valence-corrected chi connectivity index (χ3v) is 7.56. The van der Waals surface area contributed by atoms with E-state index in [1.165, 1.54) is 11.1 Å². The summed E-state index contributed by atoms with van der Waals surface area (Å²) in [6.07, 6.45) is 2.58. The average Bonchev–Trinajstić information content (AvgIpc) is 3.02. The Morgan fingerprint density at radius 1 is 1.45 bits per heavy atom. The Morgan fingerprint density at radius 2 is 2.24 bits per heavy atom. The van der Waals surface area contributed by atoms with Crippen molar-refractivity contribution in [2.45, 2.75) is 61.9 Å². The Bertz CT molecular complexity index is 821. The quantitative estimate of drug-likeness (QED) is 0.643. The number of nitrogens with zero attached hydrogens (tertiary/aromatic N) is 1. The summed E-state index contributed by atoms with van der Waals surface area (Å²) >= 11 is 0. The first-order chi connectivity index (χ1) is 13.5. The molecule has 5 N–H and O–H groups in total. The van der Waals surface area contributed by atoms with Crippen LogP contribution >= 0.6 is 12.4 Å². The maximum atomic E-state index is 11.8. The number of halogens is 1. The molecule has 8 heteroatoms. The fourth-order valence-electron chi connectivity index (χ4n) is 6.36. The molecule has 1 spiro atoms. The highest BCUT2D eigenvalue weighted by Gasteiger charge is 2.65. The molecule has 1 aromatic carbocycles. The van der Waals surface area contributed by atoms with E-state index in [2.05, 4.69) is 18.0 Å². The van der Waals surface area contributed by atoms with E-state index in [0.717, 1.165) is 32.2 Å². The second-order valence-electron chi connectivity index (χ2n) is 8.85. The van der Waals surface area contributed by atoms with E-state index in [0.29, 0.717) is 36.4 Å². The maximum Gasteiger partial charge on any atom is 0.258 e. The number of piperidine rings is 1. The number of hydrogen-bond acceptors (Lipinski definition) is 6. The summed E-state index contributed by atoms with van der Waals surface area (Å²) in [5.74, 6) is 1.20. The standard InChI is InChI=1S/C21H29N3O4.ClH/c1-24-9-7-21-12-3-4-14(25)19(21)28-18-15(27-16(6-8-22)20(23)26)5-2-11(17(18)21)10-13(12)24;/h2,5,12-14,16,19,25H,3-4,6-10,22H2,1H3,(H2,23,26);1H/t12-,13+,14-,16?,19-,21-;/m0./s1. The fraction of sp³-hybridized carbons (Fsp3) is 0.667. The molecule has 2 heterocycles. The second-order valence-corrected chi connectivity index (χ2v) is 8.85. The molecule has 1 aromatic rings. The monoisotopic (exact) mass is 423 g/mol. The van der Waals surface area contributed by atoms with Gasteiger partial charge in [0, 0.05) is 23.4 Å². The molecule has 6 atom stereocenters. The van der Waals surface area contributed by atoms with Crippen molar-refractivity contribution in [2.24, 2.45) is 17.4 Å². The lowest BCUT2D eigenvalue weighted by molar-refractivity contribution is -0.125. The summed E-state index contributed by atoms with van der Waals surface area (Å²) in [7, 11) is 2.21. The molecule has 2 aliphatic carbocycles. The molecule has 0 aromatic heterocycles. The molecule has 1 saturated heterocycles. The Balaban J connectivity index is 0.00000205. The number of carbonyl (C=O) groups is 1. The van der Waals surface area contributed by atoms with Gasteiger partial charge in [-0.1, -0.05) is 6.07 Å². The van der Waals surface area contributed by atoms with Crippen LogP contribution in [-0.4, -0.2) is 60.4 Å². The Labute approximate surface area is 177 Å². The zero-order chi connectivity index (χ0) is 19.6. The number of amides is 1. The van der Waals surface area contributed by atoms with E-state index < -0.39 is 18.1 Å². The zero-order valence-corrected chi connectivity index (χ0v) is 17.5. The number of aliphatic hydroxyl groups excluding tert-OH is 1. The van der Waals surface area contributed by atoms with Gasteiger partial charge in [-0.25, -0.2) is 0 Å². The highest BCUT2D eigenvalue weighted by Crippen LogP contribution is 2.63. The third-order valence-electron chi connectivity index (χ3n) is 7.56. The summed E-state index contributed by atoms with van der Waals surface area (Å²) in [6, 6.07) is 4.47. The number of ether oxygens (including phenoxy) is 2. The van der Waals surface area contributed by atoms with Gasteiger partial charge in [0.2, 0.25) is 0 Å². The number of nitrogens with two attached hydrogens (primary N) is 2. The zero-order valence-electron chi connectivity index (χ0n) is 16.7. The Morgan fingerprint density at radius 3 is 2.97 bits per heavy atom. The molecular weight excluding hydrogens is 394 g/mol. The minimum atomic E-state index is -0.780. The molecule has 160 valence electrons. The van der Waals surface area contributed by atoms with Crippen LogP contribution in [0.5, 0.6) is 11.5 Å². The van der Waals surface area contributed by atoms with Crippen molar-refractivity contribution in [1.29, 1.82) is 0 Å². The number of primary amides is 1. The minimum Gasteiger partial charge on any atom is -0.483 e. The molecule has 0 radical (unpaired) electrons. The molecule has 1 amide bonds. The molecule has 7 nitrogen and oxygen atoms in total. The number of aliphatic hydroxyl groups is 1. The van der Waals surface area contributed by atoms with Crippen LogP contribution < -0.4 is 20.9 Å². The Kier molecular flexibility index (Phi) is 5.22. The van der Waals surface area contributed by atoms with Crippen LogP contribution in [0.25, 0.3) is 0 Å². The average molecular weight is 424 g/mol.